The predicted octanol–water partition coefficient (Wildman–Crippen LogP) is 2.62. The van der Waals surface area contributed by atoms with Crippen LogP contribution in [0.25, 0.3) is 0 Å². The summed E-state index contributed by atoms with van der Waals surface area (Å²) in [6, 6.07) is 6.80. The van der Waals surface area contributed by atoms with Gasteiger partial charge in [0.05, 0.1) is 13.7 Å². The monoisotopic (exact) mass is 277 g/mol. The maximum absolute atomic E-state index is 11.0. The molecule has 110 valence electrons. The number of hydrogen-bond donors (Lipinski definition) is 1. The maximum Gasteiger partial charge on any atom is 0.305 e. The van der Waals surface area contributed by atoms with Crippen LogP contribution in [0, 0.1) is 0 Å². The number of aryl methyl sites for hydroxylation is 1. The van der Waals surface area contributed by atoms with Crippen LogP contribution in [0.5, 0.6) is 5.75 Å². The molecule has 1 aromatic rings. The number of carbonyl (C=O) groups is 1. The van der Waals surface area contributed by atoms with Crippen molar-refractivity contribution in [2.75, 3.05) is 20.3 Å². The number of benzene rings is 1. The van der Waals surface area contributed by atoms with Crippen LogP contribution in [0.15, 0.2) is 18.2 Å². The van der Waals surface area contributed by atoms with E-state index < -0.39 is 0 Å². The second-order valence-electron chi connectivity index (χ2n) is 5.04. The number of nitrogens with one attached hydrogen (secondary N) is 1. The van der Waals surface area contributed by atoms with E-state index in [0.29, 0.717) is 25.5 Å². The van der Waals surface area contributed by atoms with Crippen molar-refractivity contribution in [1.29, 1.82) is 0 Å². The first-order chi connectivity index (χ1) is 9.74. The molecular formula is C16H23NO3. The third-order valence-electron chi connectivity index (χ3n) is 3.66. The van der Waals surface area contributed by atoms with Crippen molar-refractivity contribution in [3.05, 3.63) is 29.3 Å². The Morgan fingerprint density at radius 2 is 2.30 bits per heavy atom. The average molecular weight is 277 g/mol. The van der Waals surface area contributed by atoms with Crippen molar-refractivity contribution >= 4 is 5.97 Å². The van der Waals surface area contributed by atoms with Crippen LogP contribution in [-0.2, 0) is 16.0 Å². The molecule has 1 atom stereocenters. The lowest BCUT2D eigenvalue weighted by Gasteiger charge is -2.13. The molecule has 0 amide bonds. The van der Waals surface area contributed by atoms with Crippen LogP contribution < -0.4 is 10.1 Å². The van der Waals surface area contributed by atoms with Crippen molar-refractivity contribution in [3.8, 4) is 5.75 Å². The molecular weight excluding hydrogens is 254 g/mol. The zero-order valence-corrected chi connectivity index (χ0v) is 12.3. The Morgan fingerprint density at radius 3 is 3.05 bits per heavy atom. The molecule has 4 heteroatoms. The Labute approximate surface area is 120 Å². The Bertz CT molecular complexity index is 459. The largest absolute Gasteiger partial charge is 0.494 e. The number of rotatable bonds is 7. The van der Waals surface area contributed by atoms with Gasteiger partial charge in [-0.1, -0.05) is 13.0 Å². The lowest BCUT2D eigenvalue weighted by Crippen LogP contribution is -2.18. The molecule has 1 aliphatic rings. The summed E-state index contributed by atoms with van der Waals surface area (Å²) in [4.78, 5) is 11.0. The molecule has 0 aromatic heterocycles. The number of carbonyl (C=O) groups excluding carboxylic acids is 1. The lowest BCUT2D eigenvalue weighted by molar-refractivity contribution is -0.140. The minimum Gasteiger partial charge on any atom is -0.494 e. The zero-order valence-electron chi connectivity index (χ0n) is 12.3. The number of methoxy groups -OCH3 is 1. The molecule has 20 heavy (non-hydrogen) atoms. The van der Waals surface area contributed by atoms with Crippen LogP contribution >= 0.6 is 0 Å². The summed E-state index contributed by atoms with van der Waals surface area (Å²) in [6.45, 7) is 3.68. The van der Waals surface area contributed by atoms with Crippen LogP contribution in [-0.4, -0.2) is 26.2 Å². The van der Waals surface area contributed by atoms with Crippen molar-refractivity contribution in [3.63, 3.8) is 0 Å². The average Bonchev–Trinajstić information content (AvgIpc) is 2.86. The molecule has 0 saturated carbocycles. The molecule has 0 radical (unpaired) electrons. The predicted molar refractivity (Wildman–Crippen MR) is 77.9 cm³/mol. The minimum atomic E-state index is -0.184. The van der Waals surface area contributed by atoms with Crippen molar-refractivity contribution < 1.29 is 14.3 Å². The number of hydrogen-bond acceptors (Lipinski definition) is 4. The molecule has 1 N–H and O–H groups in total. The van der Waals surface area contributed by atoms with E-state index in [-0.39, 0.29) is 5.97 Å². The summed E-state index contributed by atoms with van der Waals surface area (Å²) in [5.74, 6) is 0.710. The highest BCUT2D eigenvalue weighted by Crippen LogP contribution is 2.33. The Hall–Kier alpha value is -1.55. The first-order valence-electron chi connectivity index (χ1n) is 7.30. The third kappa shape index (κ3) is 3.73. The van der Waals surface area contributed by atoms with Crippen molar-refractivity contribution in [2.45, 2.75) is 38.6 Å². The normalized spacial score (nSPS) is 16.8. The number of ether oxygens (including phenoxy) is 2. The van der Waals surface area contributed by atoms with Gasteiger partial charge in [0.2, 0.25) is 0 Å². The van der Waals surface area contributed by atoms with Gasteiger partial charge in [-0.25, -0.2) is 0 Å². The standard InChI is InChI=1S/C16H23NO3/c1-3-17-15-9-6-12-11-13(7-8-14(12)15)20-10-4-5-16(18)19-2/h7-8,11,15,17H,3-6,9-10H2,1-2H3. The van der Waals surface area contributed by atoms with Gasteiger partial charge in [0.1, 0.15) is 5.75 Å². The van der Waals surface area contributed by atoms with Crippen molar-refractivity contribution in [1.82, 2.24) is 5.32 Å². The molecule has 0 heterocycles. The van der Waals surface area contributed by atoms with Gasteiger partial charge >= 0.3 is 5.97 Å². The fraction of sp³-hybridized carbons (Fsp3) is 0.562. The SMILES string of the molecule is CCNC1CCc2cc(OCCCC(=O)OC)ccc21. The van der Waals surface area contributed by atoms with Crippen LogP contribution in [0.1, 0.15) is 43.4 Å². The fourth-order valence-electron chi connectivity index (χ4n) is 2.65. The highest BCUT2D eigenvalue weighted by atomic mass is 16.5. The Balaban J connectivity index is 1.84. The summed E-state index contributed by atoms with van der Waals surface area (Å²) < 4.78 is 10.3. The van der Waals surface area contributed by atoms with Gasteiger partial charge in [-0.15, -0.1) is 0 Å². The molecule has 4 nitrogen and oxygen atoms in total. The molecule has 1 aromatic carbocycles. The molecule has 0 aliphatic heterocycles. The van der Waals surface area contributed by atoms with Crippen LogP contribution in [0.2, 0.25) is 0 Å². The van der Waals surface area contributed by atoms with E-state index in [4.69, 9.17) is 4.74 Å². The summed E-state index contributed by atoms with van der Waals surface area (Å²) in [5.41, 5.74) is 2.77. The first-order valence-corrected chi connectivity index (χ1v) is 7.30. The summed E-state index contributed by atoms with van der Waals surface area (Å²) in [6.07, 6.45) is 3.36. The van der Waals surface area contributed by atoms with Crippen LogP contribution in [0.4, 0.5) is 0 Å². The van der Waals surface area contributed by atoms with E-state index in [1.165, 1.54) is 18.2 Å². The highest BCUT2D eigenvalue weighted by Gasteiger charge is 2.21. The van der Waals surface area contributed by atoms with E-state index in [2.05, 4.69) is 29.1 Å². The molecule has 0 bridgehead atoms. The van der Waals surface area contributed by atoms with E-state index in [1.807, 2.05) is 6.07 Å². The number of fused-ring (bicyclic) bond motifs is 1. The van der Waals surface area contributed by atoms with Gasteiger partial charge in [-0.3, -0.25) is 4.79 Å². The van der Waals surface area contributed by atoms with Gasteiger partial charge in [0.15, 0.2) is 0 Å². The minimum absolute atomic E-state index is 0.184. The van der Waals surface area contributed by atoms with Gasteiger partial charge < -0.3 is 14.8 Å². The smallest absolute Gasteiger partial charge is 0.305 e. The van der Waals surface area contributed by atoms with E-state index in [9.17, 15) is 4.79 Å². The van der Waals surface area contributed by atoms with E-state index >= 15 is 0 Å². The molecule has 1 aliphatic carbocycles. The maximum atomic E-state index is 11.0. The number of esters is 1. The van der Waals surface area contributed by atoms with Gasteiger partial charge in [0.25, 0.3) is 0 Å². The molecule has 1 unspecified atom stereocenters. The van der Waals surface area contributed by atoms with Crippen molar-refractivity contribution in [2.24, 2.45) is 0 Å². The topological polar surface area (TPSA) is 47.6 Å². The molecule has 0 saturated heterocycles. The Morgan fingerprint density at radius 1 is 1.45 bits per heavy atom. The Kier molecular flexibility index (Phi) is 5.41. The summed E-state index contributed by atoms with van der Waals surface area (Å²) in [5, 5.41) is 3.50. The highest BCUT2D eigenvalue weighted by molar-refractivity contribution is 5.69. The molecule has 0 fully saturated rings. The van der Waals surface area contributed by atoms with Gasteiger partial charge in [-0.2, -0.15) is 0 Å². The first kappa shape index (κ1) is 14.9. The second-order valence-corrected chi connectivity index (χ2v) is 5.04. The molecule has 0 spiro atoms. The zero-order chi connectivity index (χ0) is 14.4. The summed E-state index contributed by atoms with van der Waals surface area (Å²) >= 11 is 0. The van der Waals surface area contributed by atoms with Gasteiger partial charge in [0, 0.05) is 12.5 Å². The molecule has 2 rings (SSSR count). The van der Waals surface area contributed by atoms with E-state index in [1.54, 1.807) is 0 Å². The fourth-order valence-corrected chi connectivity index (χ4v) is 2.65. The second kappa shape index (κ2) is 7.29. The van der Waals surface area contributed by atoms with E-state index in [0.717, 1.165) is 25.1 Å². The van der Waals surface area contributed by atoms with Crippen LogP contribution in [0.3, 0.4) is 0 Å². The summed E-state index contributed by atoms with van der Waals surface area (Å²) in [7, 11) is 1.41. The van der Waals surface area contributed by atoms with Gasteiger partial charge in [-0.05, 0) is 49.1 Å². The lowest BCUT2D eigenvalue weighted by atomic mass is 10.1. The quantitative estimate of drug-likeness (QED) is 0.615. The third-order valence-corrected chi connectivity index (χ3v) is 3.66.